The van der Waals surface area contributed by atoms with Crippen LogP contribution in [0, 0.1) is 0 Å². The van der Waals surface area contributed by atoms with Crippen LogP contribution in [0.25, 0.3) is 0 Å². The van der Waals surface area contributed by atoms with Crippen LogP contribution in [-0.2, 0) is 13.0 Å². The molecule has 1 fully saturated rings. The highest BCUT2D eigenvalue weighted by molar-refractivity contribution is 8.07. The molecule has 3 N–H and O–H groups in total. The molecule has 1 aromatic heterocycles. The topological polar surface area (TPSA) is 68.8 Å². The van der Waals surface area contributed by atoms with E-state index in [1.165, 1.54) is 17.9 Å². The number of hydrogen-bond acceptors (Lipinski definition) is 6. The van der Waals surface area contributed by atoms with Gasteiger partial charge in [-0.1, -0.05) is 13.8 Å². The van der Waals surface area contributed by atoms with Gasteiger partial charge in [0.2, 0.25) is 0 Å². The normalized spacial score (nSPS) is 24.8. The average molecular weight is 316 g/mol. The Labute approximate surface area is 129 Å². The molecule has 7 heteroatoms. The Morgan fingerprint density at radius 1 is 1.45 bits per heavy atom. The number of nitrogens with one attached hydrogen (secondary N) is 1. The van der Waals surface area contributed by atoms with E-state index in [1.54, 1.807) is 6.33 Å². The SMILES string of the molecule is CCCn1ncnc1CC(NN)C1SCCSC1CC. The number of thioether (sulfide) groups is 2. The van der Waals surface area contributed by atoms with E-state index in [9.17, 15) is 0 Å². The van der Waals surface area contributed by atoms with Gasteiger partial charge in [-0.2, -0.15) is 28.6 Å². The molecular weight excluding hydrogens is 290 g/mol. The zero-order chi connectivity index (χ0) is 14.4. The van der Waals surface area contributed by atoms with E-state index in [0.29, 0.717) is 10.5 Å². The minimum Gasteiger partial charge on any atom is -0.271 e. The van der Waals surface area contributed by atoms with Crippen molar-refractivity contribution in [2.75, 3.05) is 11.5 Å². The van der Waals surface area contributed by atoms with E-state index in [-0.39, 0.29) is 6.04 Å². The summed E-state index contributed by atoms with van der Waals surface area (Å²) >= 11 is 4.13. The van der Waals surface area contributed by atoms with Crippen LogP contribution in [0.5, 0.6) is 0 Å². The Balaban J connectivity index is 2.05. The predicted molar refractivity (Wildman–Crippen MR) is 87.9 cm³/mol. The first-order valence-electron chi connectivity index (χ1n) is 7.36. The molecule has 1 aliphatic rings. The maximum absolute atomic E-state index is 5.83. The fourth-order valence-corrected chi connectivity index (χ4v) is 5.87. The zero-order valence-corrected chi connectivity index (χ0v) is 13.9. The van der Waals surface area contributed by atoms with Crippen LogP contribution in [-0.4, -0.2) is 42.8 Å². The molecule has 0 radical (unpaired) electrons. The van der Waals surface area contributed by atoms with Gasteiger partial charge in [-0.05, 0) is 12.8 Å². The highest BCUT2D eigenvalue weighted by Crippen LogP contribution is 2.35. The Hall–Kier alpha value is -0.240. The van der Waals surface area contributed by atoms with Crippen molar-refractivity contribution in [2.24, 2.45) is 5.84 Å². The van der Waals surface area contributed by atoms with Crippen molar-refractivity contribution in [3.63, 3.8) is 0 Å². The second kappa shape index (κ2) is 8.26. The predicted octanol–water partition coefficient (Wildman–Crippen LogP) is 1.69. The van der Waals surface area contributed by atoms with E-state index in [0.717, 1.165) is 25.2 Å². The van der Waals surface area contributed by atoms with Gasteiger partial charge in [-0.3, -0.25) is 16.0 Å². The van der Waals surface area contributed by atoms with Crippen molar-refractivity contribution in [3.8, 4) is 0 Å². The van der Waals surface area contributed by atoms with Crippen LogP contribution in [0.3, 0.4) is 0 Å². The average Bonchev–Trinajstić information content (AvgIpc) is 2.92. The third-order valence-corrected chi connectivity index (χ3v) is 7.05. The lowest BCUT2D eigenvalue weighted by molar-refractivity contribution is 0.461. The van der Waals surface area contributed by atoms with Crippen molar-refractivity contribution in [1.29, 1.82) is 0 Å². The van der Waals surface area contributed by atoms with Crippen molar-refractivity contribution in [2.45, 2.75) is 56.2 Å². The summed E-state index contributed by atoms with van der Waals surface area (Å²) in [6, 6.07) is 0.262. The van der Waals surface area contributed by atoms with Gasteiger partial charge in [-0.25, -0.2) is 4.98 Å². The standard InChI is InChI=1S/C13H25N5S2/c1-3-5-18-12(15-9-16-18)8-10(17-14)13-11(4-2)19-6-7-20-13/h9-11,13,17H,3-8,14H2,1-2H3. The van der Waals surface area contributed by atoms with Crippen LogP contribution in [0.15, 0.2) is 6.33 Å². The van der Waals surface area contributed by atoms with Gasteiger partial charge in [0, 0.05) is 41.0 Å². The lowest BCUT2D eigenvalue weighted by Gasteiger charge is -2.35. The number of hydrogen-bond donors (Lipinski definition) is 2. The van der Waals surface area contributed by atoms with E-state index in [1.807, 2.05) is 16.4 Å². The van der Waals surface area contributed by atoms with E-state index in [2.05, 4.69) is 41.1 Å². The number of aryl methyl sites for hydroxylation is 1. The summed E-state index contributed by atoms with van der Waals surface area (Å²) in [7, 11) is 0. The number of nitrogens with zero attached hydrogens (tertiary/aromatic N) is 3. The molecule has 2 rings (SSSR count). The molecule has 0 aliphatic carbocycles. The van der Waals surface area contributed by atoms with E-state index < -0.39 is 0 Å². The summed E-state index contributed by atoms with van der Waals surface area (Å²) in [6.07, 6.45) is 4.77. The van der Waals surface area contributed by atoms with Crippen molar-refractivity contribution in [3.05, 3.63) is 12.2 Å². The monoisotopic (exact) mass is 315 g/mol. The molecule has 0 amide bonds. The second-order valence-electron chi connectivity index (χ2n) is 5.03. The molecule has 1 aromatic rings. The third-order valence-electron chi connectivity index (χ3n) is 3.64. The fourth-order valence-electron chi connectivity index (χ4n) is 2.62. The highest BCUT2D eigenvalue weighted by atomic mass is 32.2. The van der Waals surface area contributed by atoms with Crippen LogP contribution >= 0.6 is 23.5 Å². The van der Waals surface area contributed by atoms with Crippen molar-refractivity contribution < 1.29 is 0 Å². The van der Waals surface area contributed by atoms with Gasteiger partial charge in [0.25, 0.3) is 0 Å². The molecule has 1 saturated heterocycles. The molecule has 0 aromatic carbocycles. The van der Waals surface area contributed by atoms with Gasteiger partial charge in [0.15, 0.2) is 0 Å². The quantitative estimate of drug-likeness (QED) is 0.589. The molecule has 0 saturated carbocycles. The number of hydrazine groups is 1. The molecule has 1 aliphatic heterocycles. The first-order chi connectivity index (χ1) is 9.80. The molecule has 20 heavy (non-hydrogen) atoms. The molecule has 0 spiro atoms. The van der Waals surface area contributed by atoms with Gasteiger partial charge < -0.3 is 0 Å². The Kier molecular flexibility index (Phi) is 6.67. The summed E-state index contributed by atoms with van der Waals surface area (Å²) in [5.41, 5.74) is 3.03. The third kappa shape index (κ3) is 3.90. The van der Waals surface area contributed by atoms with Crippen LogP contribution in [0.4, 0.5) is 0 Å². The summed E-state index contributed by atoms with van der Waals surface area (Å²) < 4.78 is 2.01. The molecule has 2 heterocycles. The van der Waals surface area contributed by atoms with Gasteiger partial charge in [0.1, 0.15) is 12.2 Å². The second-order valence-corrected chi connectivity index (χ2v) is 7.66. The summed E-state index contributed by atoms with van der Waals surface area (Å²) in [6.45, 7) is 5.35. The fraction of sp³-hybridized carbons (Fsp3) is 0.846. The Morgan fingerprint density at radius 3 is 2.95 bits per heavy atom. The number of nitrogens with two attached hydrogens (primary N) is 1. The van der Waals surface area contributed by atoms with Crippen LogP contribution in [0.2, 0.25) is 0 Å². The van der Waals surface area contributed by atoms with E-state index >= 15 is 0 Å². The van der Waals surface area contributed by atoms with Gasteiger partial charge in [0.05, 0.1) is 0 Å². The molecule has 114 valence electrons. The Morgan fingerprint density at radius 2 is 2.25 bits per heavy atom. The van der Waals surface area contributed by atoms with Crippen molar-refractivity contribution >= 4 is 23.5 Å². The largest absolute Gasteiger partial charge is 0.271 e. The summed E-state index contributed by atoms with van der Waals surface area (Å²) in [4.78, 5) is 4.41. The highest BCUT2D eigenvalue weighted by Gasteiger charge is 2.32. The lowest BCUT2D eigenvalue weighted by Crippen LogP contribution is -2.49. The number of aromatic nitrogens is 3. The lowest BCUT2D eigenvalue weighted by atomic mass is 10.1. The zero-order valence-electron chi connectivity index (χ0n) is 12.3. The van der Waals surface area contributed by atoms with Gasteiger partial charge >= 0.3 is 0 Å². The van der Waals surface area contributed by atoms with Gasteiger partial charge in [-0.15, -0.1) is 0 Å². The maximum atomic E-state index is 5.83. The first kappa shape index (κ1) is 16.1. The minimum atomic E-state index is 0.262. The molecule has 0 bridgehead atoms. The van der Waals surface area contributed by atoms with E-state index in [4.69, 9.17) is 5.84 Å². The number of rotatable bonds is 7. The van der Waals surface area contributed by atoms with Crippen molar-refractivity contribution in [1.82, 2.24) is 20.2 Å². The molecule has 3 unspecified atom stereocenters. The molecule has 3 atom stereocenters. The maximum Gasteiger partial charge on any atom is 0.138 e. The Bertz CT molecular complexity index is 398. The molecular formula is C13H25N5S2. The summed E-state index contributed by atoms with van der Waals surface area (Å²) in [5, 5.41) is 5.53. The first-order valence-corrected chi connectivity index (χ1v) is 9.45. The molecule has 5 nitrogen and oxygen atoms in total. The smallest absolute Gasteiger partial charge is 0.138 e. The summed E-state index contributed by atoms with van der Waals surface area (Å²) in [5.74, 6) is 9.34. The minimum absolute atomic E-state index is 0.262. The van der Waals surface area contributed by atoms with Crippen LogP contribution < -0.4 is 11.3 Å². The van der Waals surface area contributed by atoms with Crippen LogP contribution in [0.1, 0.15) is 32.5 Å².